The van der Waals surface area contributed by atoms with E-state index in [-0.39, 0.29) is 36.6 Å². The summed E-state index contributed by atoms with van der Waals surface area (Å²) < 4.78 is 2.85. The molecule has 3 aromatic heterocycles. The summed E-state index contributed by atoms with van der Waals surface area (Å²) in [7, 11) is 0. The molecular formula is C23H20N6O3S. The maximum Gasteiger partial charge on any atom is 0.338 e. The van der Waals surface area contributed by atoms with E-state index >= 15 is 0 Å². The number of aromatic carboxylic acids is 1. The van der Waals surface area contributed by atoms with Gasteiger partial charge in [-0.3, -0.25) is 14.5 Å². The molecule has 0 radical (unpaired) electrons. The SMILES string of the molecule is C[C@@H](c1ccc(-c2ccccc2)cc1)n1ncc2nc(-n3cc(C(=O)O)cn3)[nH]c(=O)c21.S. The van der Waals surface area contributed by atoms with Gasteiger partial charge in [0.2, 0.25) is 5.95 Å². The maximum absolute atomic E-state index is 12.9. The molecule has 0 aliphatic heterocycles. The number of carboxylic acids is 1. The summed E-state index contributed by atoms with van der Waals surface area (Å²) in [6.07, 6.45) is 4.00. The van der Waals surface area contributed by atoms with Crippen LogP contribution >= 0.6 is 13.5 Å². The number of hydrogen-bond donors (Lipinski definition) is 2. The zero-order chi connectivity index (χ0) is 22.2. The predicted octanol–water partition coefficient (Wildman–Crippen LogP) is 3.39. The highest BCUT2D eigenvalue weighted by molar-refractivity contribution is 7.59. The summed E-state index contributed by atoms with van der Waals surface area (Å²) in [5.74, 6) is -0.992. The Morgan fingerprint density at radius 2 is 1.70 bits per heavy atom. The first kappa shape index (κ1) is 22.0. The number of H-pyrrole nitrogens is 1. The van der Waals surface area contributed by atoms with Gasteiger partial charge in [-0.1, -0.05) is 54.6 Å². The van der Waals surface area contributed by atoms with E-state index in [9.17, 15) is 9.59 Å². The minimum absolute atomic E-state index is 0. The van der Waals surface area contributed by atoms with Crippen LogP contribution in [0.2, 0.25) is 0 Å². The summed E-state index contributed by atoms with van der Waals surface area (Å²) in [6.45, 7) is 1.96. The molecule has 0 fully saturated rings. The number of carboxylic acid groups (broad SMARTS) is 1. The van der Waals surface area contributed by atoms with Crippen molar-refractivity contribution in [3.63, 3.8) is 0 Å². The van der Waals surface area contributed by atoms with Gasteiger partial charge in [-0.2, -0.15) is 23.7 Å². The third-order valence-corrected chi connectivity index (χ3v) is 5.36. The lowest BCUT2D eigenvalue weighted by Gasteiger charge is -2.14. The van der Waals surface area contributed by atoms with Crippen molar-refractivity contribution in [3.05, 3.63) is 94.7 Å². The number of carbonyl (C=O) groups is 1. The number of aromatic amines is 1. The van der Waals surface area contributed by atoms with Crippen molar-refractivity contribution in [2.24, 2.45) is 0 Å². The Hall–Kier alpha value is -4.18. The normalized spacial score (nSPS) is 11.8. The third kappa shape index (κ3) is 4.03. The molecule has 0 aliphatic rings. The lowest BCUT2D eigenvalue weighted by molar-refractivity contribution is 0.0697. The molecule has 0 unspecified atom stereocenters. The van der Waals surface area contributed by atoms with Gasteiger partial charge in [-0.05, 0) is 23.6 Å². The van der Waals surface area contributed by atoms with Gasteiger partial charge in [-0.15, -0.1) is 0 Å². The Balaban J connectivity index is 0.00000259. The van der Waals surface area contributed by atoms with Crippen molar-refractivity contribution in [1.82, 2.24) is 29.5 Å². The largest absolute Gasteiger partial charge is 0.478 e. The average molecular weight is 461 g/mol. The van der Waals surface area contributed by atoms with E-state index in [4.69, 9.17) is 5.11 Å². The van der Waals surface area contributed by atoms with E-state index in [2.05, 4.69) is 32.3 Å². The average Bonchev–Trinajstić information content (AvgIpc) is 3.47. The quantitative estimate of drug-likeness (QED) is 0.415. The highest BCUT2D eigenvalue weighted by Gasteiger charge is 2.18. The molecule has 33 heavy (non-hydrogen) atoms. The Labute approximate surface area is 194 Å². The summed E-state index contributed by atoms with van der Waals surface area (Å²) >= 11 is 0. The van der Waals surface area contributed by atoms with E-state index in [1.807, 2.05) is 49.4 Å². The molecule has 0 saturated heterocycles. The number of benzene rings is 2. The molecule has 0 amide bonds. The molecule has 2 N–H and O–H groups in total. The number of fused-ring (bicyclic) bond motifs is 1. The molecule has 1 atom stereocenters. The van der Waals surface area contributed by atoms with Gasteiger partial charge in [0.1, 0.15) is 5.52 Å². The summed E-state index contributed by atoms with van der Waals surface area (Å²) in [5.41, 5.74) is 3.57. The smallest absolute Gasteiger partial charge is 0.338 e. The summed E-state index contributed by atoms with van der Waals surface area (Å²) in [6, 6.07) is 18.0. The van der Waals surface area contributed by atoms with Crippen molar-refractivity contribution < 1.29 is 9.90 Å². The van der Waals surface area contributed by atoms with Gasteiger partial charge in [0.15, 0.2) is 5.52 Å². The van der Waals surface area contributed by atoms with E-state index in [0.29, 0.717) is 11.0 Å². The monoisotopic (exact) mass is 460 g/mol. The van der Waals surface area contributed by atoms with Crippen molar-refractivity contribution >= 4 is 30.5 Å². The van der Waals surface area contributed by atoms with Crippen LogP contribution in [-0.2, 0) is 0 Å². The van der Waals surface area contributed by atoms with Gasteiger partial charge in [0, 0.05) is 6.20 Å². The molecule has 10 heteroatoms. The molecular weight excluding hydrogens is 440 g/mol. The van der Waals surface area contributed by atoms with E-state index in [0.717, 1.165) is 16.7 Å². The molecule has 5 aromatic rings. The zero-order valence-corrected chi connectivity index (χ0v) is 18.5. The summed E-state index contributed by atoms with van der Waals surface area (Å²) in [4.78, 5) is 31.0. The minimum atomic E-state index is -1.11. The van der Waals surface area contributed by atoms with E-state index < -0.39 is 5.97 Å². The van der Waals surface area contributed by atoms with Crippen LogP contribution in [0.5, 0.6) is 0 Å². The first-order chi connectivity index (χ1) is 15.5. The van der Waals surface area contributed by atoms with Crippen LogP contribution in [0.4, 0.5) is 0 Å². The van der Waals surface area contributed by atoms with Gasteiger partial charge in [-0.25, -0.2) is 14.5 Å². The Bertz CT molecular complexity index is 1490. The first-order valence-corrected chi connectivity index (χ1v) is 9.92. The van der Waals surface area contributed by atoms with Gasteiger partial charge in [0.25, 0.3) is 5.56 Å². The molecule has 5 rings (SSSR count). The fourth-order valence-electron chi connectivity index (χ4n) is 3.64. The van der Waals surface area contributed by atoms with Crippen LogP contribution in [0.15, 0.2) is 78.0 Å². The standard InChI is InChI=1S/C23H18N6O3.H2S/c1-14(15-7-9-17(10-8-15)16-5-3-2-4-6-16)29-20-19(12-25-29)26-23(27-21(20)30)28-13-18(11-24-28)22(31)32;/h2-14H,1H3,(H,31,32)(H,26,27,30);1H2/t14-;/m0./s1. The Morgan fingerprint density at radius 3 is 2.36 bits per heavy atom. The van der Waals surface area contributed by atoms with Crippen molar-refractivity contribution in [2.45, 2.75) is 13.0 Å². The van der Waals surface area contributed by atoms with Gasteiger partial charge >= 0.3 is 5.97 Å². The number of hydrogen-bond acceptors (Lipinski definition) is 5. The number of nitrogens with zero attached hydrogens (tertiary/aromatic N) is 5. The highest BCUT2D eigenvalue weighted by Crippen LogP contribution is 2.25. The van der Waals surface area contributed by atoms with Crippen LogP contribution in [0.1, 0.15) is 28.9 Å². The highest BCUT2D eigenvalue weighted by atomic mass is 32.1. The molecule has 0 saturated carbocycles. The van der Waals surface area contributed by atoms with E-state index in [1.165, 1.54) is 23.3 Å². The first-order valence-electron chi connectivity index (χ1n) is 9.92. The van der Waals surface area contributed by atoms with Crippen LogP contribution in [-0.4, -0.2) is 40.6 Å². The Morgan fingerprint density at radius 1 is 1.00 bits per heavy atom. The molecule has 2 aromatic carbocycles. The maximum atomic E-state index is 12.9. The molecule has 166 valence electrons. The molecule has 0 bridgehead atoms. The predicted molar refractivity (Wildman–Crippen MR) is 128 cm³/mol. The van der Waals surface area contributed by atoms with Crippen LogP contribution in [0.3, 0.4) is 0 Å². The second kappa shape index (κ2) is 8.75. The number of aromatic nitrogens is 6. The van der Waals surface area contributed by atoms with Gasteiger partial charge in [0.05, 0.1) is 24.0 Å². The number of nitrogens with one attached hydrogen (secondary N) is 1. The van der Waals surface area contributed by atoms with Crippen molar-refractivity contribution in [1.29, 1.82) is 0 Å². The van der Waals surface area contributed by atoms with Crippen molar-refractivity contribution in [2.75, 3.05) is 0 Å². The lowest BCUT2D eigenvalue weighted by atomic mass is 10.0. The second-order valence-electron chi connectivity index (χ2n) is 7.36. The topological polar surface area (TPSA) is 119 Å². The fourth-order valence-corrected chi connectivity index (χ4v) is 3.64. The van der Waals surface area contributed by atoms with Gasteiger partial charge < -0.3 is 5.11 Å². The minimum Gasteiger partial charge on any atom is -0.478 e. The zero-order valence-electron chi connectivity index (χ0n) is 17.5. The molecule has 9 nitrogen and oxygen atoms in total. The second-order valence-corrected chi connectivity index (χ2v) is 7.36. The summed E-state index contributed by atoms with van der Waals surface area (Å²) in [5, 5.41) is 17.4. The van der Waals surface area contributed by atoms with E-state index in [1.54, 1.807) is 4.68 Å². The van der Waals surface area contributed by atoms with Crippen LogP contribution in [0.25, 0.3) is 28.1 Å². The Kier molecular flexibility index (Phi) is 5.84. The lowest BCUT2D eigenvalue weighted by Crippen LogP contribution is -2.18. The molecule has 0 spiro atoms. The number of rotatable bonds is 5. The third-order valence-electron chi connectivity index (χ3n) is 5.36. The fraction of sp³-hybridized carbons (Fsp3) is 0.0870. The molecule has 0 aliphatic carbocycles. The van der Waals surface area contributed by atoms with Crippen LogP contribution in [0, 0.1) is 0 Å². The van der Waals surface area contributed by atoms with Crippen LogP contribution < -0.4 is 5.56 Å². The van der Waals surface area contributed by atoms with Crippen molar-refractivity contribution in [3.8, 4) is 17.1 Å². The molecule has 3 heterocycles.